The minimum atomic E-state index is -0.391. The normalized spacial score (nSPS) is 12.9. The zero-order valence-electron chi connectivity index (χ0n) is 7.76. The Hall–Kier alpha value is -0.680. The molecule has 14 heavy (non-hydrogen) atoms. The molecule has 5 heteroatoms. The largest absolute Gasteiger partial charge is 0.383 e. The lowest BCUT2D eigenvalue weighted by molar-refractivity contribution is 0.166. The van der Waals surface area contributed by atoms with E-state index in [0.717, 1.165) is 0 Å². The van der Waals surface area contributed by atoms with Crippen molar-refractivity contribution in [2.45, 2.75) is 6.04 Å². The van der Waals surface area contributed by atoms with Crippen molar-refractivity contribution in [2.75, 3.05) is 13.7 Å². The van der Waals surface area contributed by atoms with Crippen LogP contribution < -0.4 is 11.3 Å². The topological polar surface area (TPSA) is 47.3 Å². The van der Waals surface area contributed by atoms with Crippen LogP contribution >= 0.6 is 11.6 Å². The zero-order chi connectivity index (χ0) is 10.6. The molecule has 1 aromatic carbocycles. The second kappa shape index (κ2) is 5.26. The third-order valence-electron chi connectivity index (χ3n) is 1.87. The highest BCUT2D eigenvalue weighted by Gasteiger charge is 2.13. The quantitative estimate of drug-likeness (QED) is 0.597. The summed E-state index contributed by atoms with van der Waals surface area (Å²) in [5.41, 5.74) is 2.91. The summed E-state index contributed by atoms with van der Waals surface area (Å²) in [5.74, 6) is 4.88. The molecular weight excluding hydrogens is 207 g/mol. The lowest BCUT2D eigenvalue weighted by atomic mass is 10.1. The van der Waals surface area contributed by atoms with Crippen molar-refractivity contribution in [1.29, 1.82) is 0 Å². The van der Waals surface area contributed by atoms with Crippen LogP contribution in [0.3, 0.4) is 0 Å². The van der Waals surface area contributed by atoms with E-state index in [1.54, 1.807) is 12.1 Å². The molecule has 0 bridgehead atoms. The molecule has 3 nitrogen and oxygen atoms in total. The maximum absolute atomic E-state index is 13.4. The molecule has 0 saturated heterocycles. The van der Waals surface area contributed by atoms with Crippen molar-refractivity contribution < 1.29 is 9.13 Å². The Balaban J connectivity index is 2.92. The van der Waals surface area contributed by atoms with Gasteiger partial charge in [-0.25, -0.2) is 4.39 Å². The Labute approximate surface area is 87.0 Å². The highest BCUT2D eigenvalue weighted by molar-refractivity contribution is 6.30. The third-order valence-corrected chi connectivity index (χ3v) is 2.11. The number of hydrazine groups is 1. The van der Waals surface area contributed by atoms with Gasteiger partial charge in [-0.15, -0.1) is 0 Å². The van der Waals surface area contributed by atoms with E-state index in [-0.39, 0.29) is 6.04 Å². The number of rotatable bonds is 4. The van der Waals surface area contributed by atoms with Gasteiger partial charge in [-0.2, -0.15) is 0 Å². The highest BCUT2D eigenvalue weighted by Crippen LogP contribution is 2.20. The molecule has 0 amide bonds. The maximum Gasteiger partial charge on any atom is 0.129 e. The van der Waals surface area contributed by atoms with Gasteiger partial charge in [0.25, 0.3) is 0 Å². The molecule has 0 aliphatic rings. The monoisotopic (exact) mass is 218 g/mol. The summed E-state index contributed by atoms with van der Waals surface area (Å²) in [5, 5.41) is 0.361. The molecule has 0 saturated carbocycles. The van der Waals surface area contributed by atoms with Gasteiger partial charge in [-0.3, -0.25) is 11.3 Å². The molecule has 0 heterocycles. The molecule has 0 aliphatic heterocycles. The fourth-order valence-electron chi connectivity index (χ4n) is 1.18. The molecule has 1 atom stereocenters. The molecule has 0 spiro atoms. The Bertz CT molecular complexity index is 309. The van der Waals surface area contributed by atoms with Gasteiger partial charge in [0.2, 0.25) is 0 Å². The summed E-state index contributed by atoms with van der Waals surface area (Å²) >= 11 is 5.62. The van der Waals surface area contributed by atoms with Gasteiger partial charge in [0, 0.05) is 17.7 Å². The van der Waals surface area contributed by atoms with Crippen LogP contribution in [-0.2, 0) is 4.74 Å². The van der Waals surface area contributed by atoms with Crippen LogP contribution in [0.4, 0.5) is 4.39 Å². The smallest absolute Gasteiger partial charge is 0.129 e. The summed E-state index contributed by atoms with van der Waals surface area (Å²) in [7, 11) is 1.53. The number of nitrogens with one attached hydrogen (secondary N) is 1. The number of nitrogens with two attached hydrogens (primary N) is 1. The van der Waals surface area contributed by atoms with Gasteiger partial charge >= 0.3 is 0 Å². The second-order valence-corrected chi connectivity index (χ2v) is 3.28. The summed E-state index contributed by atoms with van der Waals surface area (Å²) in [6.07, 6.45) is 0. The minimum Gasteiger partial charge on any atom is -0.383 e. The Morgan fingerprint density at radius 2 is 2.36 bits per heavy atom. The number of halogens is 2. The number of methoxy groups -OCH3 is 1. The van der Waals surface area contributed by atoms with Gasteiger partial charge in [0.05, 0.1) is 12.6 Å². The fourth-order valence-corrected chi connectivity index (χ4v) is 1.34. The van der Waals surface area contributed by atoms with E-state index in [4.69, 9.17) is 22.2 Å². The van der Waals surface area contributed by atoms with E-state index in [9.17, 15) is 4.39 Å². The molecule has 1 rings (SSSR count). The number of ether oxygens (including phenoxy) is 1. The van der Waals surface area contributed by atoms with Crippen molar-refractivity contribution >= 4 is 11.6 Å². The first-order chi connectivity index (χ1) is 6.69. The van der Waals surface area contributed by atoms with Gasteiger partial charge in [-0.05, 0) is 12.1 Å². The molecular formula is C9H12ClFN2O. The summed E-state index contributed by atoms with van der Waals surface area (Å²) < 4.78 is 18.3. The summed E-state index contributed by atoms with van der Waals surface area (Å²) in [6.45, 7) is 0.301. The molecule has 0 fully saturated rings. The van der Waals surface area contributed by atoms with E-state index in [2.05, 4.69) is 5.43 Å². The third kappa shape index (κ3) is 2.65. The molecule has 1 aromatic rings. The Morgan fingerprint density at radius 3 is 2.86 bits per heavy atom. The van der Waals surface area contributed by atoms with E-state index in [0.29, 0.717) is 17.2 Å². The number of hydrogen-bond donors (Lipinski definition) is 2. The molecule has 0 aliphatic carbocycles. The number of hydrogen-bond acceptors (Lipinski definition) is 3. The number of benzene rings is 1. The first-order valence-corrected chi connectivity index (χ1v) is 4.47. The van der Waals surface area contributed by atoms with Crippen LogP contribution in [0.1, 0.15) is 11.6 Å². The summed E-state index contributed by atoms with van der Waals surface area (Å²) in [4.78, 5) is 0. The first kappa shape index (κ1) is 11.4. The molecule has 0 radical (unpaired) electrons. The first-order valence-electron chi connectivity index (χ1n) is 4.09. The predicted octanol–water partition coefficient (Wildman–Crippen LogP) is 1.63. The highest BCUT2D eigenvalue weighted by atomic mass is 35.5. The standard InChI is InChI=1S/C9H12ClFN2O/c1-14-5-9(13-12)7-3-2-6(10)4-8(7)11/h2-4,9,13H,5,12H2,1H3. The van der Waals surface area contributed by atoms with Crippen LogP contribution in [0.25, 0.3) is 0 Å². The Kier molecular flexibility index (Phi) is 4.28. The molecule has 3 N–H and O–H groups in total. The molecule has 0 aromatic heterocycles. The Morgan fingerprint density at radius 1 is 1.64 bits per heavy atom. The average Bonchev–Trinajstić information content (AvgIpc) is 2.15. The zero-order valence-corrected chi connectivity index (χ0v) is 8.51. The van der Waals surface area contributed by atoms with Crippen LogP contribution in [0.2, 0.25) is 5.02 Å². The fraction of sp³-hybridized carbons (Fsp3) is 0.333. The van der Waals surface area contributed by atoms with Gasteiger partial charge in [0.1, 0.15) is 5.82 Å². The van der Waals surface area contributed by atoms with Crippen LogP contribution in [-0.4, -0.2) is 13.7 Å². The average molecular weight is 219 g/mol. The van der Waals surface area contributed by atoms with Gasteiger partial charge < -0.3 is 4.74 Å². The van der Waals surface area contributed by atoms with Crippen LogP contribution in [0.15, 0.2) is 18.2 Å². The van der Waals surface area contributed by atoms with Gasteiger partial charge in [0.15, 0.2) is 0 Å². The van der Waals surface area contributed by atoms with E-state index in [1.807, 2.05) is 0 Å². The lowest BCUT2D eigenvalue weighted by Gasteiger charge is -2.15. The SMILES string of the molecule is COCC(NN)c1ccc(Cl)cc1F. The van der Waals surface area contributed by atoms with E-state index >= 15 is 0 Å². The second-order valence-electron chi connectivity index (χ2n) is 2.84. The lowest BCUT2D eigenvalue weighted by Crippen LogP contribution is -2.31. The maximum atomic E-state index is 13.4. The van der Waals surface area contributed by atoms with Crippen molar-refractivity contribution in [3.8, 4) is 0 Å². The predicted molar refractivity (Wildman–Crippen MR) is 53.4 cm³/mol. The van der Waals surface area contributed by atoms with E-state index < -0.39 is 5.82 Å². The summed E-state index contributed by atoms with van der Waals surface area (Å²) in [6, 6.07) is 4.08. The van der Waals surface area contributed by atoms with Crippen LogP contribution in [0.5, 0.6) is 0 Å². The van der Waals surface area contributed by atoms with Crippen molar-refractivity contribution in [3.63, 3.8) is 0 Å². The van der Waals surface area contributed by atoms with Crippen molar-refractivity contribution in [2.24, 2.45) is 5.84 Å². The molecule has 78 valence electrons. The van der Waals surface area contributed by atoms with Crippen molar-refractivity contribution in [3.05, 3.63) is 34.6 Å². The van der Waals surface area contributed by atoms with Gasteiger partial charge in [-0.1, -0.05) is 17.7 Å². The van der Waals surface area contributed by atoms with Crippen LogP contribution in [0, 0.1) is 5.82 Å². The van der Waals surface area contributed by atoms with Crippen molar-refractivity contribution in [1.82, 2.24) is 5.43 Å². The molecule has 1 unspecified atom stereocenters. The van der Waals surface area contributed by atoms with E-state index in [1.165, 1.54) is 13.2 Å². The minimum absolute atomic E-state index is 0.301.